The molecule has 21 heavy (non-hydrogen) atoms. The van der Waals surface area contributed by atoms with Gasteiger partial charge in [-0.05, 0) is 18.9 Å². The molecule has 1 aromatic carbocycles. The van der Waals surface area contributed by atoms with Crippen LogP contribution < -0.4 is 10.1 Å². The maximum absolute atomic E-state index is 12.4. The van der Waals surface area contributed by atoms with Crippen LogP contribution in [0.5, 0.6) is 5.75 Å². The highest BCUT2D eigenvalue weighted by atomic mass is 16.5. The maximum Gasteiger partial charge on any atom is 0.247 e. The average molecular weight is 286 g/mol. The number of carbonyl (C=O) groups excluding carboxylic acids is 2. The van der Waals surface area contributed by atoms with E-state index in [2.05, 4.69) is 5.32 Å². The zero-order chi connectivity index (χ0) is 14.4. The second-order valence-corrected chi connectivity index (χ2v) is 5.98. The number of fused-ring (bicyclic) bond motifs is 1. The fraction of sp³-hybridized carbons (Fsp3) is 0.500. The van der Waals surface area contributed by atoms with Gasteiger partial charge in [0.25, 0.3) is 0 Å². The first-order valence-electron chi connectivity index (χ1n) is 7.58. The summed E-state index contributed by atoms with van der Waals surface area (Å²) in [6, 6.07) is 7.75. The molecule has 2 fully saturated rings. The standard InChI is InChI=1S/C16H18N2O3/c19-15-9-13(16(20)18(15)10-5-6-10)17-12-7-8-21-14-4-2-1-3-11(12)14/h1-4,10,12-13,17H,5-9H2. The number of likely N-dealkylation sites (tertiary alicyclic amines) is 1. The lowest BCUT2D eigenvalue weighted by atomic mass is 9.99. The highest BCUT2D eigenvalue weighted by molar-refractivity contribution is 6.06. The lowest BCUT2D eigenvalue weighted by Gasteiger charge is -2.28. The Labute approximate surface area is 123 Å². The first-order chi connectivity index (χ1) is 10.2. The Hall–Kier alpha value is -1.88. The molecule has 2 unspecified atom stereocenters. The van der Waals surface area contributed by atoms with Crippen LogP contribution in [0.15, 0.2) is 24.3 Å². The molecular weight excluding hydrogens is 268 g/mol. The van der Waals surface area contributed by atoms with Crippen molar-refractivity contribution in [1.29, 1.82) is 0 Å². The van der Waals surface area contributed by atoms with Crippen LogP contribution in [-0.4, -0.2) is 35.4 Å². The molecule has 2 amide bonds. The van der Waals surface area contributed by atoms with E-state index in [1.54, 1.807) is 0 Å². The predicted molar refractivity (Wildman–Crippen MR) is 75.7 cm³/mol. The first kappa shape index (κ1) is 12.8. The summed E-state index contributed by atoms with van der Waals surface area (Å²) in [5.41, 5.74) is 1.08. The molecular formula is C16H18N2O3. The number of amides is 2. The van der Waals surface area contributed by atoms with E-state index in [-0.39, 0.29) is 36.4 Å². The maximum atomic E-state index is 12.4. The summed E-state index contributed by atoms with van der Waals surface area (Å²) in [6.07, 6.45) is 3.03. The summed E-state index contributed by atoms with van der Waals surface area (Å²) in [7, 11) is 0. The topological polar surface area (TPSA) is 58.6 Å². The van der Waals surface area contributed by atoms with Gasteiger partial charge in [-0.25, -0.2) is 0 Å². The number of rotatable bonds is 3. The molecule has 5 heteroatoms. The van der Waals surface area contributed by atoms with Crippen molar-refractivity contribution >= 4 is 11.8 Å². The highest BCUT2D eigenvalue weighted by Gasteiger charge is 2.46. The van der Waals surface area contributed by atoms with E-state index in [4.69, 9.17) is 4.74 Å². The van der Waals surface area contributed by atoms with E-state index in [0.29, 0.717) is 6.61 Å². The molecule has 1 aromatic rings. The van der Waals surface area contributed by atoms with E-state index in [1.807, 2.05) is 24.3 Å². The molecule has 0 spiro atoms. The van der Waals surface area contributed by atoms with Crippen LogP contribution in [0, 0.1) is 0 Å². The van der Waals surface area contributed by atoms with Gasteiger partial charge >= 0.3 is 0 Å². The Balaban J connectivity index is 1.52. The lowest BCUT2D eigenvalue weighted by Crippen LogP contribution is -2.42. The van der Waals surface area contributed by atoms with Gasteiger partial charge in [0.1, 0.15) is 5.75 Å². The number of benzene rings is 1. The van der Waals surface area contributed by atoms with Crippen LogP contribution in [0.2, 0.25) is 0 Å². The summed E-state index contributed by atoms with van der Waals surface area (Å²) in [6.45, 7) is 0.635. The number of para-hydroxylation sites is 1. The molecule has 2 aliphatic heterocycles. The second kappa shape index (κ2) is 4.84. The average Bonchev–Trinajstić information content (AvgIpc) is 3.27. The zero-order valence-corrected chi connectivity index (χ0v) is 11.7. The minimum atomic E-state index is -0.380. The quantitative estimate of drug-likeness (QED) is 0.853. The Bertz CT molecular complexity index is 597. The van der Waals surface area contributed by atoms with Crippen molar-refractivity contribution in [2.45, 2.75) is 43.8 Å². The third-order valence-corrected chi connectivity index (χ3v) is 4.46. The van der Waals surface area contributed by atoms with Crippen molar-refractivity contribution in [2.24, 2.45) is 0 Å². The van der Waals surface area contributed by atoms with E-state index in [0.717, 1.165) is 30.6 Å². The Morgan fingerprint density at radius 2 is 1.90 bits per heavy atom. The first-order valence-corrected chi connectivity index (χ1v) is 7.58. The molecule has 2 heterocycles. The van der Waals surface area contributed by atoms with Crippen LogP contribution in [-0.2, 0) is 9.59 Å². The molecule has 1 N–H and O–H groups in total. The largest absolute Gasteiger partial charge is 0.493 e. The summed E-state index contributed by atoms with van der Waals surface area (Å²) in [5.74, 6) is 0.795. The normalized spacial score (nSPS) is 28.5. The number of imide groups is 1. The molecule has 3 aliphatic rings. The second-order valence-electron chi connectivity index (χ2n) is 5.98. The molecule has 2 atom stereocenters. The van der Waals surface area contributed by atoms with Crippen LogP contribution in [0.1, 0.15) is 37.3 Å². The SMILES string of the molecule is O=C1CC(NC2CCOc3ccccc32)C(=O)N1C1CC1. The van der Waals surface area contributed by atoms with Crippen molar-refractivity contribution < 1.29 is 14.3 Å². The Kier molecular flexibility index (Phi) is 2.96. The van der Waals surface area contributed by atoms with Gasteiger partial charge in [0.15, 0.2) is 0 Å². The minimum Gasteiger partial charge on any atom is -0.493 e. The molecule has 0 radical (unpaired) electrons. The van der Waals surface area contributed by atoms with E-state index < -0.39 is 0 Å². The van der Waals surface area contributed by atoms with Crippen LogP contribution in [0.3, 0.4) is 0 Å². The van der Waals surface area contributed by atoms with Crippen molar-refractivity contribution in [1.82, 2.24) is 10.2 Å². The third-order valence-electron chi connectivity index (χ3n) is 4.46. The van der Waals surface area contributed by atoms with Gasteiger partial charge in [0.2, 0.25) is 11.8 Å². The molecule has 0 bridgehead atoms. The van der Waals surface area contributed by atoms with Gasteiger partial charge in [0.05, 0.1) is 19.1 Å². The molecule has 0 aromatic heterocycles. The number of nitrogens with zero attached hydrogens (tertiary/aromatic N) is 1. The zero-order valence-electron chi connectivity index (χ0n) is 11.7. The Morgan fingerprint density at radius 3 is 2.71 bits per heavy atom. The van der Waals surface area contributed by atoms with Crippen molar-refractivity contribution in [3.05, 3.63) is 29.8 Å². The summed E-state index contributed by atoms with van der Waals surface area (Å²) < 4.78 is 5.63. The fourth-order valence-corrected chi connectivity index (χ4v) is 3.26. The van der Waals surface area contributed by atoms with Gasteiger partial charge in [-0.2, -0.15) is 0 Å². The van der Waals surface area contributed by atoms with E-state index >= 15 is 0 Å². The van der Waals surface area contributed by atoms with Crippen molar-refractivity contribution in [2.75, 3.05) is 6.61 Å². The van der Waals surface area contributed by atoms with Gasteiger partial charge in [0, 0.05) is 24.1 Å². The van der Waals surface area contributed by atoms with Crippen LogP contribution >= 0.6 is 0 Å². The monoisotopic (exact) mass is 286 g/mol. The van der Waals surface area contributed by atoms with E-state index in [9.17, 15) is 9.59 Å². The molecule has 110 valence electrons. The minimum absolute atomic E-state index is 0.0275. The van der Waals surface area contributed by atoms with Crippen LogP contribution in [0.4, 0.5) is 0 Å². The molecule has 5 nitrogen and oxygen atoms in total. The Morgan fingerprint density at radius 1 is 1.10 bits per heavy atom. The van der Waals surface area contributed by atoms with Crippen LogP contribution in [0.25, 0.3) is 0 Å². The van der Waals surface area contributed by atoms with Crippen molar-refractivity contribution in [3.8, 4) is 5.75 Å². The predicted octanol–water partition coefficient (Wildman–Crippen LogP) is 1.39. The smallest absolute Gasteiger partial charge is 0.247 e. The summed E-state index contributed by atoms with van der Waals surface area (Å²) in [4.78, 5) is 25.9. The fourth-order valence-electron chi connectivity index (χ4n) is 3.26. The molecule has 1 aliphatic carbocycles. The van der Waals surface area contributed by atoms with Gasteiger partial charge in [-0.3, -0.25) is 19.8 Å². The number of carbonyl (C=O) groups is 2. The highest BCUT2D eigenvalue weighted by Crippen LogP contribution is 2.35. The lowest BCUT2D eigenvalue weighted by molar-refractivity contribution is -0.139. The van der Waals surface area contributed by atoms with Crippen molar-refractivity contribution in [3.63, 3.8) is 0 Å². The van der Waals surface area contributed by atoms with E-state index in [1.165, 1.54) is 4.90 Å². The number of hydrogen-bond acceptors (Lipinski definition) is 4. The summed E-state index contributed by atoms with van der Waals surface area (Å²) in [5, 5.41) is 3.37. The molecule has 1 saturated carbocycles. The van der Waals surface area contributed by atoms with Gasteiger partial charge < -0.3 is 4.74 Å². The number of nitrogens with one attached hydrogen (secondary N) is 1. The number of hydrogen-bond donors (Lipinski definition) is 1. The third kappa shape index (κ3) is 2.21. The number of ether oxygens (including phenoxy) is 1. The molecule has 1 saturated heterocycles. The summed E-state index contributed by atoms with van der Waals surface area (Å²) >= 11 is 0. The van der Waals surface area contributed by atoms with Gasteiger partial charge in [-0.1, -0.05) is 18.2 Å². The van der Waals surface area contributed by atoms with Gasteiger partial charge in [-0.15, -0.1) is 0 Å². The molecule has 4 rings (SSSR count).